The molecule has 1 aliphatic heterocycles. The number of carbonyl (C=O) groups excluding carboxylic acids is 1. The fourth-order valence-electron chi connectivity index (χ4n) is 4.64. The Balaban J connectivity index is 2.27. The Bertz CT molecular complexity index is 984. The van der Waals surface area contributed by atoms with Crippen LogP contribution in [0.3, 0.4) is 0 Å². The van der Waals surface area contributed by atoms with Crippen molar-refractivity contribution in [3.8, 4) is 0 Å². The topological polar surface area (TPSA) is 154 Å². The number of aryl methyl sites for hydroxylation is 2. The third-order valence-electron chi connectivity index (χ3n) is 7.49. The number of rotatable bonds is 9. The summed E-state index contributed by atoms with van der Waals surface area (Å²) in [6, 6.07) is 3.34. The maximum Gasteiger partial charge on any atom is 0.320 e. The van der Waals surface area contributed by atoms with Gasteiger partial charge in [-0.25, -0.2) is 0 Å². The molecule has 0 bridgehead atoms. The van der Waals surface area contributed by atoms with Crippen molar-refractivity contribution in [1.29, 1.82) is 0 Å². The van der Waals surface area contributed by atoms with Crippen LogP contribution in [0.15, 0.2) is 18.2 Å². The molecule has 12 heteroatoms. The smallest absolute Gasteiger partial charge is 0.320 e. The molecule has 4 N–H and O–H groups in total. The molecule has 39 heavy (non-hydrogen) atoms. The molecule has 0 radical (unpaired) electrons. The van der Waals surface area contributed by atoms with Crippen molar-refractivity contribution in [2.75, 3.05) is 64.2 Å². The van der Waals surface area contributed by atoms with E-state index in [-0.39, 0.29) is 12.5 Å². The van der Waals surface area contributed by atoms with E-state index in [1.165, 1.54) is 0 Å². The standard InChI is InChI=1S/C27H43N5O7/c1-18-6-7-23(19(2)16-18)28-24(33)17-29-8-10-30(20(3)25(34)35)12-14-32(22(5)27(38)39)15-13-31(11-9-29)21(4)26(36)37/h6-7,16,20-22H,8-15,17H2,1-5H3,(H,28,33)(H,34,35)(H,36,37)(H,38,39). The predicted molar refractivity (Wildman–Crippen MR) is 147 cm³/mol. The molecule has 1 aromatic rings. The first-order valence-corrected chi connectivity index (χ1v) is 13.3. The van der Waals surface area contributed by atoms with Gasteiger partial charge in [0.05, 0.1) is 6.54 Å². The average molecular weight is 550 g/mol. The van der Waals surface area contributed by atoms with Gasteiger partial charge in [0, 0.05) is 58.0 Å². The fourth-order valence-corrected chi connectivity index (χ4v) is 4.64. The molecule has 1 saturated heterocycles. The minimum atomic E-state index is -1.00. The molecule has 1 amide bonds. The van der Waals surface area contributed by atoms with Crippen LogP contribution in [0.5, 0.6) is 0 Å². The molecule has 12 nitrogen and oxygen atoms in total. The van der Waals surface area contributed by atoms with Crippen LogP contribution in [-0.2, 0) is 19.2 Å². The highest BCUT2D eigenvalue weighted by molar-refractivity contribution is 5.93. The number of hydrogen-bond acceptors (Lipinski definition) is 8. The lowest BCUT2D eigenvalue weighted by Crippen LogP contribution is -2.54. The molecule has 0 saturated carbocycles. The Morgan fingerprint density at radius 3 is 1.46 bits per heavy atom. The number of carboxylic acids is 3. The van der Waals surface area contributed by atoms with Crippen LogP contribution < -0.4 is 5.32 Å². The van der Waals surface area contributed by atoms with Gasteiger partial charge in [-0.1, -0.05) is 17.7 Å². The minimum absolute atomic E-state index is 0.0556. The zero-order chi connectivity index (χ0) is 29.3. The van der Waals surface area contributed by atoms with Gasteiger partial charge >= 0.3 is 17.9 Å². The Hall–Kier alpha value is -3.06. The van der Waals surface area contributed by atoms with Gasteiger partial charge in [0.1, 0.15) is 18.1 Å². The lowest BCUT2D eigenvalue weighted by Gasteiger charge is -2.37. The van der Waals surface area contributed by atoms with Crippen molar-refractivity contribution in [3.05, 3.63) is 29.3 Å². The first kappa shape index (κ1) is 32.2. The first-order chi connectivity index (χ1) is 18.3. The summed E-state index contributed by atoms with van der Waals surface area (Å²) in [5, 5.41) is 31.9. The van der Waals surface area contributed by atoms with Gasteiger partial charge in [-0.3, -0.25) is 38.8 Å². The van der Waals surface area contributed by atoms with Gasteiger partial charge in [-0.15, -0.1) is 0 Å². The summed E-state index contributed by atoms with van der Waals surface area (Å²) in [7, 11) is 0. The van der Waals surface area contributed by atoms with Crippen LogP contribution >= 0.6 is 0 Å². The number of aliphatic carboxylic acids is 3. The van der Waals surface area contributed by atoms with Crippen LogP contribution in [0.4, 0.5) is 5.69 Å². The molecule has 1 heterocycles. The molecular formula is C27H43N5O7. The van der Waals surface area contributed by atoms with Crippen LogP contribution in [0.25, 0.3) is 0 Å². The maximum absolute atomic E-state index is 13.0. The average Bonchev–Trinajstić information content (AvgIpc) is 2.86. The van der Waals surface area contributed by atoms with E-state index in [4.69, 9.17) is 0 Å². The van der Waals surface area contributed by atoms with Crippen molar-refractivity contribution >= 4 is 29.5 Å². The Labute approximate surface area is 230 Å². The van der Waals surface area contributed by atoms with E-state index in [9.17, 15) is 34.5 Å². The van der Waals surface area contributed by atoms with Crippen molar-refractivity contribution in [1.82, 2.24) is 19.6 Å². The van der Waals surface area contributed by atoms with Crippen LogP contribution in [-0.4, -0.2) is 136 Å². The number of carboxylic acid groups (broad SMARTS) is 3. The lowest BCUT2D eigenvalue weighted by atomic mass is 10.1. The van der Waals surface area contributed by atoms with Gasteiger partial charge < -0.3 is 20.6 Å². The number of hydrogen-bond donors (Lipinski definition) is 4. The van der Waals surface area contributed by atoms with Gasteiger partial charge in [0.2, 0.25) is 5.91 Å². The van der Waals surface area contributed by atoms with E-state index in [1.807, 2.05) is 36.9 Å². The van der Waals surface area contributed by atoms with Crippen LogP contribution in [0, 0.1) is 13.8 Å². The van der Waals surface area contributed by atoms with E-state index >= 15 is 0 Å². The molecule has 3 unspecified atom stereocenters. The second kappa shape index (κ2) is 14.9. The van der Waals surface area contributed by atoms with E-state index in [0.29, 0.717) is 52.4 Å². The van der Waals surface area contributed by atoms with Gasteiger partial charge in [-0.05, 0) is 46.2 Å². The Morgan fingerprint density at radius 2 is 1.10 bits per heavy atom. The number of nitrogens with zero attached hydrogens (tertiary/aromatic N) is 4. The highest BCUT2D eigenvalue weighted by Gasteiger charge is 2.29. The van der Waals surface area contributed by atoms with Gasteiger partial charge in [0.25, 0.3) is 0 Å². The second-order valence-corrected chi connectivity index (χ2v) is 10.3. The van der Waals surface area contributed by atoms with Gasteiger partial charge in [0.15, 0.2) is 0 Å². The van der Waals surface area contributed by atoms with E-state index in [2.05, 4.69) is 5.32 Å². The fraction of sp³-hybridized carbons (Fsp3) is 0.630. The van der Waals surface area contributed by atoms with E-state index in [0.717, 1.165) is 16.8 Å². The molecule has 0 aromatic heterocycles. The number of benzene rings is 1. The summed E-state index contributed by atoms with van der Waals surface area (Å²) >= 11 is 0. The summed E-state index contributed by atoms with van der Waals surface area (Å²) in [5.41, 5.74) is 2.75. The van der Waals surface area contributed by atoms with E-state index < -0.39 is 36.0 Å². The number of amides is 1. The molecular weight excluding hydrogens is 506 g/mol. The molecule has 0 aliphatic carbocycles. The molecule has 1 fully saturated rings. The summed E-state index contributed by atoms with van der Waals surface area (Å²) in [4.78, 5) is 55.5. The Kier molecular flexibility index (Phi) is 12.3. The van der Waals surface area contributed by atoms with Crippen molar-refractivity contribution in [2.45, 2.75) is 52.7 Å². The largest absolute Gasteiger partial charge is 0.480 e. The molecule has 3 atom stereocenters. The maximum atomic E-state index is 13.0. The SMILES string of the molecule is Cc1ccc(NC(=O)CN2CCN(C(C)C(=O)O)CCN(C(C)C(=O)O)CCN(C(C)C(=O)O)CC2)c(C)c1. The quantitative estimate of drug-likeness (QED) is 0.347. The third kappa shape index (κ3) is 9.88. The highest BCUT2D eigenvalue weighted by Crippen LogP contribution is 2.16. The highest BCUT2D eigenvalue weighted by atomic mass is 16.4. The normalized spacial score (nSPS) is 19.7. The zero-order valence-electron chi connectivity index (χ0n) is 23.6. The van der Waals surface area contributed by atoms with Crippen LogP contribution in [0.2, 0.25) is 0 Å². The van der Waals surface area contributed by atoms with Crippen molar-refractivity contribution < 1.29 is 34.5 Å². The van der Waals surface area contributed by atoms with Crippen LogP contribution in [0.1, 0.15) is 31.9 Å². The molecule has 1 aromatic carbocycles. The Morgan fingerprint density at radius 1 is 0.718 bits per heavy atom. The monoisotopic (exact) mass is 549 g/mol. The van der Waals surface area contributed by atoms with Gasteiger partial charge in [-0.2, -0.15) is 0 Å². The lowest BCUT2D eigenvalue weighted by molar-refractivity contribution is -0.145. The van der Waals surface area contributed by atoms with E-state index in [1.54, 1.807) is 35.5 Å². The number of nitrogens with one attached hydrogen (secondary N) is 1. The summed E-state index contributed by atoms with van der Waals surface area (Å²) in [6.45, 7) is 11.4. The summed E-state index contributed by atoms with van der Waals surface area (Å²) in [5.74, 6) is -3.19. The summed E-state index contributed by atoms with van der Waals surface area (Å²) in [6.07, 6.45) is 0. The minimum Gasteiger partial charge on any atom is -0.480 e. The molecule has 2 rings (SSSR count). The predicted octanol–water partition coefficient (Wildman–Crippen LogP) is 0.883. The number of anilines is 1. The second-order valence-electron chi connectivity index (χ2n) is 10.3. The first-order valence-electron chi connectivity index (χ1n) is 13.3. The molecule has 218 valence electrons. The third-order valence-corrected chi connectivity index (χ3v) is 7.49. The molecule has 1 aliphatic rings. The summed E-state index contributed by atoms with van der Waals surface area (Å²) < 4.78 is 0. The zero-order valence-corrected chi connectivity index (χ0v) is 23.6. The van der Waals surface area contributed by atoms with Crippen molar-refractivity contribution in [2.24, 2.45) is 0 Å². The van der Waals surface area contributed by atoms with Crippen molar-refractivity contribution in [3.63, 3.8) is 0 Å². The number of carbonyl (C=O) groups is 4. The molecule has 0 spiro atoms.